The van der Waals surface area contributed by atoms with E-state index in [9.17, 15) is 4.79 Å². The largest absolute Gasteiger partial charge is 0.377 e. The predicted molar refractivity (Wildman–Crippen MR) is 79.1 cm³/mol. The number of likely N-dealkylation sites (N-methyl/N-ethyl adjacent to an activating group) is 1. The average molecular weight is 275 g/mol. The summed E-state index contributed by atoms with van der Waals surface area (Å²) in [6.07, 6.45) is 1.28. The van der Waals surface area contributed by atoms with Gasteiger partial charge in [-0.25, -0.2) is 0 Å². The van der Waals surface area contributed by atoms with Gasteiger partial charge in [-0.3, -0.25) is 4.79 Å². The Kier molecular flexibility index (Phi) is 3.63. The van der Waals surface area contributed by atoms with Gasteiger partial charge < -0.3 is 20.3 Å². The van der Waals surface area contributed by atoms with E-state index in [0.717, 1.165) is 43.1 Å². The molecule has 2 heterocycles. The molecule has 0 bridgehead atoms. The van der Waals surface area contributed by atoms with E-state index in [2.05, 4.69) is 34.6 Å². The third-order valence-corrected chi connectivity index (χ3v) is 3.97. The molecule has 5 heteroatoms. The molecule has 2 aliphatic heterocycles. The van der Waals surface area contributed by atoms with Crippen LogP contribution in [0.15, 0.2) is 18.2 Å². The van der Waals surface area contributed by atoms with Crippen LogP contribution >= 0.6 is 0 Å². The zero-order valence-corrected chi connectivity index (χ0v) is 12.0. The molecule has 0 radical (unpaired) electrons. The third kappa shape index (κ3) is 2.39. The second kappa shape index (κ2) is 5.42. The zero-order valence-electron chi connectivity index (χ0n) is 12.0. The highest BCUT2D eigenvalue weighted by molar-refractivity contribution is 6.03. The lowest BCUT2D eigenvalue weighted by atomic mass is 10.1. The van der Waals surface area contributed by atoms with Crippen molar-refractivity contribution in [2.24, 2.45) is 0 Å². The lowest BCUT2D eigenvalue weighted by Crippen LogP contribution is -2.30. The van der Waals surface area contributed by atoms with E-state index in [1.54, 1.807) is 7.05 Å². The summed E-state index contributed by atoms with van der Waals surface area (Å²) in [6.45, 7) is 4.81. The lowest BCUT2D eigenvalue weighted by Gasteiger charge is -2.25. The Bertz CT molecular complexity index is 518. The summed E-state index contributed by atoms with van der Waals surface area (Å²) in [6, 6.07) is 5.98. The minimum atomic E-state index is -0.231. The van der Waals surface area contributed by atoms with Crippen LogP contribution in [0.1, 0.15) is 24.9 Å². The fraction of sp³-hybridized carbons (Fsp3) is 0.533. The molecule has 20 heavy (non-hydrogen) atoms. The van der Waals surface area contributed by atoms with Crippen molar-refractivity contribution < 1.29 is 9.53 Å². The van der Waals surface area contributed by atoms with Gasteiger partial charge in [-0.05, 0) is 32.5 Å². The molecule has 2 N–H and O–H groups in total. The average Bonchev–Trinajstić information content (AvgIpc) is 2.59. The van der Waals surface area contributed by atoms with Crippen LogP contribution in [0.4, 0.5) is 11.4 Å². The van der Waals surface area contributed by atoms with Gasteiger partial charge in [-0.15, -0.1) is 0 Å². The van der Waals surface area contributed by atoms with Gasteiger partial charge in [0, 0.05) is 36.6 Å². The quantitative estimate of drug-likeness (QED) is 0.859. The molecule has 1 aromatic carbocycles. The van der Waals surface area contributed by atoms with E-state index >= 15 is 0 Å². The van der Waals surface area contributed by atoms with Crippen LogP contribution in [0.3, 0.4) is 0 Å². The summed E-state index contributed by atoms with van der Waals surface area (Å²) in [5, 5.41) is 5.99. The van der Waals surface area contributed by atoms with Gasteiger partial charge in [0.1, 0.15) is 6.04 Å². The van der Waals surface area contributed by atoms with E-state index < -0.39 is 0 Å². The van der Waals surface area contributed by atoms with E-state index in [1.165, 1.54) is 0 Å². The van der Waals surface area contributed by atoms with Gasteiger partial charge in [-0.2, -0.15) is 0 Å². The summed E-state index contributed by atoms with van der Waals surface area (Å²) in [7, 11) is 1.81. The number of amides is 1. The highest BCUT2D eigenvalue weighted by Crippen LogP contribution is 2.34. The first-order valence-corrected chi connectivity index (χ1v) is 7.17. The van der Waals surface area contributed by atoms with E-state index in [-0.39, 0.29) is 18.1 Å². The molecule has 2 atom stereocenters. The Labute approximate surface area is 119 Å². The first-order valence-electron chi connectivity index (χ1n) is 7.17. The Hall–Kier alpha value is -1.59. The maximum atomic E-state index is 11.8. The molecule has 1 saturated heterocycles. The number of benzene rings is 1. The van der Waals surface area contributed by atoms with Crippen molar-refractivity contribution in [3.8, 4) is 0 Å². The van der Waals surface area contributed by atoms with Crippen LogP contribution in [-0.4, -0.2) is 38.8 Å². The van der Waals surface area contributed by atoms with Crippen molar-refractivity contribution >= 4 is 17.3 Å². The zero-order chi connectivity index (χ0) is 14.1. The number of fused-ring (bicyclic) bond motifs is 1. The summed E-state index contributed by atoms with van der Waals surface area (Å²) in [4.78, 5) is 14.2. The van der Waals surface area contributed by atoms with Gasteiger partial charge in [0.15, 0.2) is 0 Å². The Morgan fingerprint density at radius 3 is 3.10 bits per heavy atom. The highest BCUT2D eigenvalue weighted by atomic mass is 16.5. The molecule has 108 valence electrons. The molecule has 1 aromatic rings. The van der Waals surface area contributed by atoms with Gasteiger partial charge in [-0.1, -0.05) is 6.07 Å². The highest BCUT2D eigenvalue weighted by Gasteiger charge is 2.29. The third-order valence-electron chi connectivity index (χ3n) is 3.97. The van der Waals surface area contributed by atoms with Crippen LogP contribution < -0.4 is 15.5 Å². The van der Waals surface area contributed by atoms with Gasteiger partial charge in [0.2, 0.25) is 5.91 Å². The fourth-order valence-electron chi connectivity index (χ4n) is 2.96. The molecule has 2 unspecified atom stereocenters. The fourth-order valence-corrected chi connectivity index (χ4v) is 2.96. The van der Waals surface area contributed by atoms with Gasteiger partial charge >= 0.3 is 0 Å². The predicted octanol–water partition coefficient (Wildman–Crippen LogP) is 1.51. The van der Waals surface area contributed by atoms with Crippen LogP contribution in [0.5, 0.6) is 0 Å². The van der Waals surface area contributed by atoms with Crippen LogP contribution in [0, 0.1) is 0 Å². The summed E-state index contributed by atoms with van der Waals surface area (Å²) in [5.74, 6) is 0.0206. The lowest BCUT2D eigenvalue weighted by molar-refractivity contribution is -0.117. The van der Waals surface area contributed by atoms with Crippen molar-refractivity contribution in [3.63, 3.8) is 0 Å². The first-order chi connectivity index (χ1) is 9.69. The Morgan fingerprint density at radius 1 is 1.45 bits per heavy atom. The second-order valence-corrected chi connectivity index (χ2v) is 5.46. The number of hydrogen-bond donors (Lipinski definition) is 2. The molecule has 5 nitrogen and oxygen atoms in total. The molecule has 3 rings (SSSR count). The Balaban J connectivity index is 1.86. The van der Waals surface area contributed by atoms with E-state index in [4.69, 9.17) is 4.74 Å². The number of hydrogen-bond acceptors (Lipinski definition) is 4. The van der Waals surface area contributed by atoms with Crippen molar-refractivity contribution in [2.45, 2.75) is 25.5 Å². The molecule has 0 saturated carbocycles. The van der Waals surface area contributed by atoms with Gasteiger partial charge in [0.05, 0.1) is 6.10 Å². The first kappa shape index (κ1) is 13.4. The number of nitrogens with one attached hydrogen (secondary N) is 2. The number of carbonyl (C=O) groups is 1. The number of rotatable bonds is 2. The summed E-state index contributed by atoms with van der Waals surface area (Å²) >= 11 is 0. The summed E-state index contributed by atoms with van der Waals surface area (Å²) < 4.78 is 5.68. The smallest absolute Gasteiger partial charge is 0.246 e. The molecular formula is C15H21N3O2. The topological polar surface area (TPSA) is 53.6 Å². The number of anilines is 2. The van der Waals surface area contributed by atoms with Crippen LogP contribution in [-0.2, 0) is 9.53 Å². The van der Waals surface area contributed by atoms with Crippen LogP contribution in [0.2, 0.25) is 0 Å². The number of carbonyl (C=O) groups excluding carboxylic acids is 1. The van der Waals surface area contributed by atoms with Crippen molar-refractivity contribution in [3.05, 3.63) is 23.8 Å². The molecule has 1 amide bonds. The van der Waals surface area contributed by atoms with E-state index in [1.807, 2.05) is 6.07 Å². The normalized spacial score (nSPS) is 26.1. The molecule has 1 fully saturated rings. The summed E-state index contributed by atoms with van der Waals surface area (Å²) in [5.41, 5.74) is 3.10. The number of nitrogens with zero attached hydrogens (tertiary/aromatic N) is 1. The standard InChI is InChI=1S/C15H21N3O2/c1-10-9-18(6-3-7-20-10)11-4-5-12-13(8-11)17-15(19)14(12)16-2/h4-5,8,10,14,16H,3,6-7,9H2,1-2H3,(H,17,19). The Morgan fingerprint density at radius 2 is 2.30 bits per heavy atom. The second-order valence-electron chi connectivity index (χ2n) is 5.46. The molecule has 0 aliphatic carbocycles. The molecule has 0 spiro atoms. The van der Waals surface area contributed by atoms with Crippen molar-refractivity contribution in [1.29, 1.82) is 0 Å². The van der Waals surface area contributed by atoms with Crippen LogP contribution in [0.25, 0.3) is 0 Å². The van der Waals surface area contributed by atoms with Crippen molar-refractivity contribution in [2.75, 3.05) is 37.0 Å². The number of ether oxygens (including phenoxy) is 1. The monoisotopic (exact) mass is 275 g/mol. The van der Waals surface area contributed by atoms with Gasteiger partial charge in [0.25, 0.3) is 0 Å². The maximum Gasteiger partial charge on any atom is 0.246 e. The minimum Gasteiger partial charge on any atom is -0.377 e. The molecular weight excluding hydrogens is 254 g/mol. The molecule has 0 aromatic heterocycles. The minimum absolute atomic E-state index is 0.0206. The molecule has 2 aliphatic rings. The van der Waals surface area contributed by atoms with E-state index in [0.29, 0.717) is 0 Å². The maximum absolute atomic E-state index is 11.8. The van der Waals surface area contributed by atoms with Crippen molar-refractivity contribution in [1.82, 2.24) is 5.32 Å². The SMILES string of the molecule is CNC1C(=O)Nc2cc(N3CCCOC(C)C3)ccc21.